The molecule has 6 atom stereocenters. The molecule has 0 aromatic rings. The fourth-order valence-electron chi connectivity index (χ4n) is 7.14. The van der Waals surface area contributed by atoms with Crippen LogP contribution in [0.4, 0.5) is 0 Å². The third-order valence-electron chi connectivity index (χ3n) is 9.07. The molecule has 4 fully saturated rings. The second-order valence-corrected chi connectivity index (χ2v) is 9.66. The van der Waals surface area contributed by atoms with E-state index >= 15 is 0 Å². The molecule has 3 heteroatoms. The van der Waals surface area contributed by atoms with Crippen LogP contribution in [-0.2, 0) is 9.59 Å². The molecule has 3 nitrogen and oxygen atoms in total. The van der Waals surface area contributed by atoms with E-state index in [-0.39, 0.29) is 22.5 Å². The Morgan fingerprint density at radius 1 is 0.913 bits per heavy atom. The van der Waals surface area contributed by atoms with Gasteiger partial charge in [0.2, 0.25) is 0 Å². The molecule has 0 aromatic heterocycles. The Hall–Kier alpha value is -0.700. The van der Waals surface area contributed by atoms with E-state index in [0.717, 1.165) is 32.1 Å². The van der Waals surface area contributed by atoms with Gasteiger partial charge < -0.3 is 5.11 Å². The fraction of sp³-hybridized carbons (Fsp3) is 0.900. The first kappa shape index (κ1) is 15.8. The maximum Gasteiger partial charge on any atom is 0.141 e. The molecular weight excluding hydrogens is 288 g/mol. The Bertz CT molecular complexity index is 583. The maximum absolute atomic E-state index is 12.5. The highest BCUT2D eigenvalue weighted by Gasteiger charge is 2.69. The normalized spacial score (nSPS) is 56.0. The Labute approximate surface area is 139 Å². The lowest BCUT2D eigenvalue weighted by molar-refractivity contribution is -0.214. The zero-order valence-electron chi connectivity index (χ0n) is 14.8. The van der Waals surface area contributed by atoms with Crippen LogP contribution in [-0.4, -0.2) is 22.3 Å². The summed E-state index contributed by atoms with van der Waals surface area (Å²) in [6, 6.07) is 0. The minimum absolute atomic E-state index is 0.0796. The van der Waals surface area contributed by atoms with Crippen LogP contribution in [0.5, 0.6) is 0 Å². The standard InChI is InChI=1S/C20H30O3/c1-17-8-5-15-14(18(17,2)9-4-13(21)12-17)6-10-19(3)16(22)7-11-20(15,19)23/h14-15,23H,4-12H2,1-3H3/t14-,15+,17+,18+,19+,20+/m0/s1. The average Bonchev–Trinajstić information content (AvgIpc) is 2.73. The molecule has 0 spiro atoms. The molecule has 0 aliphatic heterocycles. The van der Waals surface area contributed by atoms with Gasteiger partial charge in [0.25, 0.3) is 0 Å². The zero-order valence-corrected chi connectivity index (χ0v) is 14.8. The monoisotopic (exact) mass is 318 g/mol. The summed E-state index contributed by atoms with van der Waals surface area (Å²) in [5.41, 5.74) is -1.12. The van der Waals surface area contributed by atoms with Crippen LogP contribution in [0.25, 0.3) is 0 Å². The number of carbonyl (C=O) groups excluding carboxylic acids is 2. The summed E-state index contributed by atoms with van der Waals surface area (Å²) in [6.45, 7) is 6.69. The third-order valence-corrected chi connectivity index (χ3v) is 9.07. The number of carbonyl (C=O) groups is 2. The lowest BCUT2D eigenvalue weighted by atomic mass is 9.40. The molecule has 0 bridgehead atoms. The highest BCUT2D eigenvalue weighted by atomic mass is 16.3. The molecular formula is C20H30O3. The molecule has 0 aromatic carbocycles. The molecule has 4 rings (SSSR count). The minimum atomic E-state index is -0.807. The summed E-state index contributed by atoms with van der Waals surface area (Å²) in [7, 11) is 0. The lowest BCUT2D eigenvalue weighted by Crippen LogP contribution is -2.64. The molecule has 0 radical (unpaired) electrons. The quantitative estimate of drug-likeness (QED) is 0.741. The van der Waals surface area contributed by atoms with Crippen LogP contribution < -0.4 is 0 Å². The summed E-state index contributed by atoms with van der Waals surface area (Å²) >= 11 is 0. The van der Waals surface area contributed by atoms with Crippen LogP contribution in [0.3, 0.4) is 0 Å². The molecule has 4 saturated carbocycles. The van der Waals surface area contributed by atoms with E-state index in [4.69, 9.17) is 0 Å². The van der Waals surface area contributed by atoms with Gasteiger partial charge in [-0.05, 0) is 68.1 Å². The Kier molecular flexibility index (Phi) is 3.07. The van der Waals surface area contributed by atoms with Crippen molar-refractivity contribution in [3.63, 3.8) is 0 Å². The summed E-state index contributed by atoms with van der Waals surface area (Å²) in [5.74, 6) is 1.38. The highest BCUT2D eigenvalue weighted by Crippen LogP contribution is 2.69. The van der Waals surface area contributed by atoms with E-state index in [9.17, 15) is 14.7 Å². The first-order chi connectivity index (χ1) is 10.7. The molecule has 0 saturated heterocycles. The molecule has 23 heavy (non-hydrogen) atoms. The van der Waals surface area contributed by atoms with Gasteiger partial charge in [0, 0.05) is 19.3 Å². The lowest BCUT2D eigenvalue weighted by Gasteiger charge is -2.65. The Balaban J connectivity index is 1.75. The van der Waals surface area contributed by atoms with E-state index in [2.05, 4.69) is 13.8 Å². The highest BCUT2D eigenvalue weighted by molar-refractivity contribution is 5.88. The first-order valence-corrected chi connectivity index (χ1v) is 9.44. The van der Waals surface area contributed by atoms with Gasteiger partial charge in [0.15, 0.2) is 0 Å². The van der Waals surface area contributed by atoms with Crippen LogP contribution >= 0.6 is 0 Å². The van der Waals surface area contributed by atoms with Gasteiger partial charge in [-0.25, -0.2) is 0 Å². The van der Waals surface area contributed by atoms with Crippen LogP contribution in [0.2, 0.25) is 0 Å². The van der Waals surface area contributed by atoms with Crippen LogP contribution in [0, 0.1) is 28.1 Å². The number of ketones is 2. The SMILES string of the molecule is C[C@]12CC[C@@H]3[C@H](CC[C@]4(C)C(=O)CC[C@@]34O)[C@@]1(C)CCC(=O)C2. The molecule has 0 unspecified atom stereocenters. The number of hydrogen-bond donors (Lipinski definition) is 1. The van der Waals surface area contributed by atoms with Crippen molar-refractivity contribution in [3.05, 3.63) is 0 Å². The van der Waals surface area contributed by atoms with Crippen molar-refractivity contribution in [2.45, 2.75) is 84.2 Å². The van der Waals surface area contributed by atoms with Crippen molar-refractivity contribution >= 4 is 11.6 Å². The van der Waals surface area contributed by atoms with Gasteiger partial charge >= 0.3 is 0 Å². The van der Waals surface area contributed by atoms with Crippen molar-refractivity contribution in [2.75, 3.05) is 0 Å². The van der Waals surface area contributed by atoms with E-state index in [1.807, 2.05) is 6.92 Å². The minimum Gasteiger partial charge on any atom is -0.389 e. The number of aliphatic hydroxyl groups is 1. The van der Waals surface area contributed by atoms with Crippen molar-refractivity contribution in [3.8, 4) is 0 Å². The van der Waals surface area contributed by atoms with Gasteiger partial charge in [-0.15, -0.1) is 0 Å². The van der Waals surface area contributed by atoms with Crippen molar-refractivity contribution < 1.29 is 14.7 Å². The number of hydrogen-bond acceptors (Lipinski definition) is 3. The molecule has 0 amide bonds. The second kappa shape index (κ2) is 4.47. The summed E-state index contributed by atoms with van der Waals surface area (Å²) in [5, 5.41) is 11.6. The molecule has 4 aliphatic carbocycles. The predicted molar refractivity (Wildman–Crippen MR) is 87.8 cm³/mol. The van der Waals surface area contributed by atoms with Crippen molar-refractivity contribution in [1.82, 2.24) is 0 Å². The van der Waals surface area contributed by atoms with Gasteiger partial charge in [0.1, 0.15) is 11.6 Å². The van der Waals surface area contributed by atoms with Crippen molar-refractivity contribution in [2.24, 2.45) is 28.1 Å². The topological polar surface area (TPSA) is 54.4 Å². The number of rotatable bonds is 0. The summed E-state index contributed by atoms with van der Waals surface area (Å²) in [4.78, 5) is 24.5. The largest absolute Gasteiger partial charge is 0.389 e. The average molecular weight is 318 g/mol. The second-order valence-electron chi connectivity index (χ2n) is 9.66. The fourth-order valence-corrected chi connectivity index (χ4v) is 7.14. The van der Waals surface area contributed by atoms with Crippen LogP contribution in [0.1, 0.15) is 78.6 Å². The third kappa shape index (κ3) is 1.70. The van der Waals surface area contributed by atoms with Gasteiger partial charge in [0.05, 0.1) is 11.0 Å². The number of fused-ring (bicyclic) bond motifs is 5. The van der Waals surface area contributed by atoms with Gasteiger partial charge in [-0.3, -0.25) is 9.59 Å². The zero-order chi connectivity index (χ0) is 16.7. The summed E-state index contributed by atoms with van der Waals surface area (Å²) < 4.78 is 0. The summed E-state index contributed by atoms with van der Waals surface area (Å²) in [6.07, 6.45) is 7.42. The van der Waals surface area contributed by atoms with E-state index < -0.39 is 11.0 Å². The van der Waals surface area contributed by atoms with E-state index in [1.54, 1.807) is 0 Å². The van der Waals surface area contributed by atoms with E-state index in [0.29, 0.717) is 37.4 Å². The number of Topliss-reactive ketones (excluding diaryl/α,β-unsaturated/α-hetero) is 2. The Morgan fingerprint density at radius 3 is 2.35 bits per heavy atom. The maximum atomic E-state index is 12.5. The molecule has 1 N–H and O–H groups in total. The molecule has 128 valence electrons. The van der Waals surface area contributed by atoms with E-state index in [1.165, 1.54) is 0 Å². The van der Waals surface area contributed by atoms with Gasteiger partial charge in [-0.1, -0.05) is 13.8 Å². The molecule has 0 heterocycles. The van der Waals surface area contributed by atoms with Crippen molar-refractivity contribution in [1.29, 1.82) is 0 Å². The predicted octanol–water partition coefficient (Wildman–Crippen LogP) is 3.67. The smallest absolute Gasteiger partial charge is 0.141 e. The first-order valence-electron chi connectivity index (χ1n) is 9.44. The Morgan fingerprint density at radius 2 is 1.61 bits per heavy atom. The molecule has 4 aliphatic rings. The van der Waals surface area contributed by atoms with Gasteiger partial charge in [-0.2, -0.15) is 0 Å². The van der Waals surface area contributed by atoms with Crippen LogP contribution in [0.15, 0.2) is 0 Å².